The fourth-order valence-electron chi connectivity index (χ4n) is 4.37. The molecule has 35 heavy (non-hydrogen) atoms. The third kappa shape index (κ3) is 5.35. The van der Waals surface area contributed by atoms with Crippen molar-refractivity contribution >= 4 is 39.2 Å². The van der Waals surface area contributed by atoms with Gasteiger partial charge in [0.2, 0.25) is 5.88 Å². The van der Waals surface area contributed by atoms with Crippen molar-refractivity contribution in [3.8, 4) is 5.88 Å². The van der Waals surface area contributed by atoms with Crippen molar-refractivity contribution in [1.82, 2.24) is 14.8 Å². The topological polar surface area (TPSA) is 79.8 Å². The number of piperidine rings is 1. The van der Waals surface area contributed by atoms with Gasteiger partial charge in [0.25, 0.3) is 17.6 Å². The number of Topliss-reactive ketones (excluding diaryl/α,β-unsaturated/α-hetero) is 1. The number of ketones is 1. The molecule has 3 heterocycles. The van der Waals surface area contributed by atoms with Crippen LogP contribution < -0.4 is 4.74 Å². The Kier molecular flexibility index (Phi) is 7.45. The molecular weight excluding hydrogens is 469 g/mol. The number of hydrogen-bond donors (Lipinski definition) is 0. The molecule has 184 valence electrons. The van der Waals surface area contributed by atoms with Crippen molar-refractivity contribution in [2.24, 2.45) is 5.92 Å². The number of carbonyl (C=O) groups excluding carboxylic acids is 3. The van der Waals surface area contributed by atoms with Crippen LogP contribution in [0.2, 0.25) is 0 Å². The number of halogens is 1. The van der Waals surface area contributed by atoms with Gasteiger partial charge in [-0.15, -0.1) is 11.3 Å². The minimum absolute atomic E-state index is 0.141. The standard InChI is InChI=1S/C26H28FN3O4S/c1-29(2)26(33)22(31)21-15-35-24-19(21)14-20(23(28-24)34-3)25(32)30-11-9-17(10-12-30)13-16-5-4-6-18(27)8-7-16/h4-5,7-8,14-15,17H,6,9-13H2,1-3H3. The molecule has 1 aliphatic heterocycles. The number of nitrogens with zero attached hydrogens (tertiary/aromatic N) is 3. The first kappa shape index (κ1) is 24.8. The molecule has 7 nitrogen and oxygen atoms in total. The minimum Gasteiger partial charge on any atom is -0.480 e. The summed E-state index contributed by atoms with van der Waals surface area (Å²) < 4.78 is 18.8. The molecular formula is C26H28FN3O4S. The highest BCUT2D eigenvalue weighted by molar-refractivity contribution is 7.17. The van der Waals surface area contributed by atoms with E-state index in [-0.39, 0.29) is 28.7 Å². The van der Waals surface area contributed by atoms with Crippen LogP contribution in [0.4, 0.5) is 4.39 Å². The van der Waals surface area contributed by atoms with Gasteiger partial charge in [-0.1, -0.05) is 18.2 Å². The highest BCUT2D eigenvalue weighted by Crippen LogP contribution is 2.32. The Balaban J connectivity index is 1.51. The van der Waals surface area contributed by atoms with Crippen LogP contribution in [-0.2, 0) is 4.79 Å². The number of aromatic nitrogens is 1. The minimum atomic E-state index is -0.635. The molecule has 2 amide bonds. The van der Waals surface area contributed by atoms with Gasteiger partial charge in [0.15, 0.2) is 0 Å². The smallest absolute Gasteiger partial charge is 0.294 e. The zero-order valence-corrected chi connectivity index (χ0v) is 20.9. The Morgan fingerprint density at radius 1 is 1.20 bits per heavy atom. The van der Waals surface area contributed by atoms with E-state index in [2.05, 4.69) is 4.98 Å². The Labute approximate surface area is 207 Å². The van der Waals surface area contributed by atoms with Gasteiger partial charge in [0, 0.05) is 49.9 Å². The van der Waals surface area contributed by atoms with Crippen LogP contribution in [0.25, 0.3) is 10.2 Å². The normalized spacial score (nSPS) is 16.5. The number of thiophene rings is 1. The predicted octanol–water partition coefficient (Wildman–Crippen LogP) is 4.56. The van der Waals surface area contributed by atoms with E-state index >= 15 is 0 Å². The van der Waals surface area contributed by atoms with Crippen molar-refractivity contribution < 1.29 is 23.5 Å². The molecule has 2 aromatic heterocycles. The van der Waals surface area contributed by atoms with Gasteiger partial charge in [0.05, 0.1) is 7.11 Å². The number of pyridine rings is 1. The predicted molar refractivity (Wildman–Crippen MR) is 133 cm³/mol. The molecule has 0 bridgehead atoms. The van der Waals surface area contributed by atoms with E-state index in [1.54, 1.807) is 16.3 Å². The van der Waals surface area contributed by atoms with E-state index in [1.165, 1.54) is 43.5 Å². The van der Waals surface area contributed by atoms with Gasteiger partial charge >= 0.3 is 0 Å². The average molecular weight is 498 g/mol. The molecule has 0 saturated carbocycles. The van der Waals surface area contributed by atoms with E-state index in [0.29, 0.717) is 35.6 Å². The van der Waals surface area contributed by atoms with Crippen LogP contribution in [0, 0.1) is 5.92 Å². The summed E-state index contributed by atoms with van der Waals surface area (Å²) in [4.78, 5) is 46.3. The molecule has 0 aromatic carbocycles. The molecule has 4 rings (SSSR count). The van der Waals surface area contributed by atoms with Gasteiger partial charge in [-0.2, -0.15) is 0 Å². The summed E-state index contributed by atoms with van der Waals surface area (Å²) >= 11 is 1.23. The molecule has 0 N–H and O–H groups in total. The molecule has 9 heteroatoms. The molecule has 1 fully saturated rings. The van der Waals surface area contributed by atoms with E-state index in [1.807, 2.05) is 18.2 Å². The van der Waals surface area contributed by atoms with Crippen LogP contribution in [0.1, 0.15) is 46.4 Å². The van der Waals surface area contributed by atoms with Crippen LogP contribution >= 0.6 is 11.3 Å². The third-order valence-corrected chi connectivity index (χ3v) is 7.24. The van der Waals surface area contributed by atoms with Crippen molar-refractivity contribution in [3.63, 3.8) is 0 Å². The molecule has 2 aromatic rings. The fraction of sp³-hybridized carbons (Fsp3) is 0.385. The summed E-state index contributed by atoms with van der Waals surface area (Å²) in [6.45, 7) is 1.17. The van der Waals surface area contributed by atoms with Gasteiger partial charge in [0.1, 0.15) is 16.2 Å². The molecule has 0 radical (unpaired) electrons. The lowest BCUT2D eigenvalue weighted by atomic mass is 9.89. The molecule has 0 unspecified atom stereocenters. The number of fused-ring (bicyclic) bond motifs is 1. The number of carbonyl (C=O) groups is 3. The Morgan fingerprint density at radius 2 is 1.94 bits per heavy atom. The monoisotopic (exact) mass is 497 g/mol. The first-order valence-electron chi connectivity index (χ1n) is 11.5. The van der Waals surface area contributed by atoms with E-state index in [9.17, 15) is 18.8 Å². The fourth-order valence-corrected chi connectivity index (χ4v) is 5.26. The Bertz CT molecular complexity index is 1250. The summed E-state index contributed by atoms with van der Waals surface area (Å²) in [6, 6.07) is 1.62. The average Bonchev–Trinajstić information content (AvgIpc) is 3.16. The van der Waals surface area contributed by atoms with E-state index < -0.39 is 11.7 Å². The van der Waals surface area contributed by atoms with Crippen molar-refractivity contribution in [2.45, 2.75) is 25.7 Å². The van der Waals surface area contributed by atoms with Gasteiger partial charge < -0.3 is 14.5 Å². The number of amides is 2. The van der Waals surface area contributed by atoms with Crippen LogP contribution in [0.5, 0.6) is 5.88 Å². The summed E-state index contributed by atoms with van der Waals surface area (Å²) in [5, 5.41) is 2.07. The third-order valence-electron chi connectivity index (χ3n) is 6.35. The lowest BCUT2D eigenvalue weighted by Gasteiger charge is -2.32. The molecule has 1 aliphatic carbocycles. The molecule has 2 aliphatic rings. The molecule has 0 atom stereocenters. The lowest BCUT2D eigenvalue weighted by molar-refractivity contribution is -0.124. The van der Waals surface area contributed by atoms with Crippen molar-refractivity contribution in [2.75, 3.05) is 34.3 Å². The van der Waals surface area contributed by atoms with Crippen LogP contribution in [0.15, 0.2) is 47.2 Å². The Hall–Kier alpha value is -3.33. The number of likely N-dealkylation sites (tertiary alicyclic amines) is 1. The maximum Gasteiger partial charge on any atom is 0.294 e. The number of methoxy groups -OCH3 is 1. The summed E-state index contributed by atoms with van der Waals surface area (Å²) in [6.07, 6.45) is 10.0. The quantitative estimate of drug-likeness (QED) is 0.432. The largest absolute Gasteiger partial charge is 0.480 e. The summed E-state index contributed by atoms with van der Waals surface area (Å²) in [5.41, 5.74) is 1.61. The second-order valence-electron chi connectivity index (χ2n) is 8.98. The number of likely N-dealkylation sites (N-methyl/N-ethyl adjacent to an activating group) is 1. The summed E-state index contributed by atoms with van der Waals surface area (Å²) in [5.74, 6) is -1.01. The van der Waals surface area contributed by atoms with Crippen molar-refractivity contribution in [3.05, 3.63) is 58.3 Å². The van der Waals surface area contributed by atoms with Gasteiger partial charge in [-0.3, -0.25) is 14.4 Å². The first-order valence-corrected chi connectivity index (χ1v) is 12.4. The maximum absolute atomic E-state index is 13.4. The zero-order chi connectivity index (χ0) is 25.1. The van der Waals surface area contributed by atoms with Crippen molar-refractivity contribution in [1.29, 1.82) is 0 Å². The molecule has 0 spiro atoms. The van der Waals surface area contributed by atoms with Crippen LogP contribution in [-0.4, -0.2) is 66.7 Å². The Morgan fingerprint density at radius 3 is 2.63 bits per heavy atom. The summed E-state index contributed by atoms with van der Waals surface area (Å²) in [7, 11) is 4.50. The van der Waals surface area contributed by atoms with Crippen LogP contribution in [0.3, 0.4) is 0 Å². The van der Waals surface area contributed by atoms with Gasteiger partial charge in [-0.05, 0) is 42.9 Å². The number of allylic oxidation sites excluding steroid dienone is 6. The lowest BCUT2D eigenvalue weighted by Crippen LogP contribution is -2.38. The maximum atomic E-state index is 13.4. The van der Waals surface area contributed by atoms with Gasteiger partial charge in [-0.25, -0.2) is 9.37 Å². The highest BCUT2D eigenvalue weighted by Gasteiger charge is 2.29. The molecule has 1 saturated heterocycles. The SMILES string of the molecule is COc1nc2scc(C(=O)C(=O)N(C)C)c2cc1C(=O)N1CCC(CC2=CC=C(F)CC=C2)CC1. The van der Waals surface area contributed by atoms with E-state index in [0.717, 1.165) is 24.8 Å². The highest BCUT2D eigenvalue weighted by atomic mass is 32.1. The zero-order valence-electron chi connectivity index (χ0n) is 20.0. The first-order chi connectivity index (χ1) is 16.8. The second kappa shape index (κ2) is 10.5. The number of rotatable bonds is 6. The number of ether oxygens (including phenoxy) is 1. The second-order valence-corrected chi connectivity index (χ2v) is 9.84. The van der Waals surface area contributed by atoms with E-state index in [4.69, 9.17) is 4.74 Å². The number of hydrogen-bond acceptors (Lipinski definition) is 6.